The molecule has 2 aromatic rings. The first-order chi connectivity index (χ1) is 12.9. The van der Waals surface area contributed by atoms with Gasteiger partial charge in [0, 0.05) is 31.2 Å². The second kappa shape index (κ2) is 8.06. The number of benzene rings is 2. The molecular formula is C20H21ClFN3O2. The van der Waals surface area contributed by atoms with Crippen molar-refractivity contribution in [2.24, 2.45) is 5.73 Å². The van der Waals surface area contributed by atoms with E-state index in [0.29, 0.717) is 26.2 Å². The number of carbonyl (C=O) groups excluding carboxylic acids is 2. The Kier molecular flexibility index (Phi) is 5.77. The number of hydrogen-bond acceptors (Lipinski definition) is 3. The van der Waals surface area contributed by atoms with Crippen molar-refractivity contribution in [2.75, 3.05) is 26.2 Å². The van der Waals surface area contributed by atoms with Gasteiger partial charge in [-0.3, -0.25) is 9.59 Å². The van der Waals surface area contributed by atoms with Crippen LogP contribution in [-0.2, 0) is 4.79 Å². The van der Waals surface area contributed by atoms with Crippen molar-refractivity contribution in [2.45, 2.75) is 13.0 Å². The predicted molar refractivity (Wildman–Crippen MR) is 102 cm³/mol. The molecule has 1 aliphatic heterocycles. The molecule has 5 nitrogen and oxygen atoms in total. The van der Waals surface area contributed by atoms with Crippen LogP contribution in [-0.4, -0.2) is 47.8 Å². The number of nitrogens with two attached hydrogens (primary N) is 1. The van der Waals surface area contributed by atoms with E-state index in [-0.39, 0.29) is 16.5 Å². The summed E-state index contributed by atoms with van der Waals surface area (Å²) in [6, 6.07) is 10.8. The van der Waals surface area contributed by atoms with Crippen molar-refractivity contribution >= 4 is 23.4 Å². The van der Waals surface area contributed by atoms with Crippen LogP contribution in [0.4, 0.5) is 4.39 Å². The van der Waals surface area contributed by atoms with Crippen LogP contribution in [0.1, 0.15) is 27.5 Å². The lowest BCUT2D eigenvalue weighted by molar-refractivity contribution is -0.134. The summed E-state index contributed by atoms with van der Waals surface area (Å²) in [6.07, 6.45) is 0. The standard InChI is InChI=1S/C20H21ClFN3O2/c1-13-2-4-14(5-3-13)18(23)20(27)25-10-8-24(9-11-25)19(26)16-7-6-15(21)12-17(16)22/h2-7,12,18H,8-11,23H2,1H3. The molecule has 2 N–H and O–H groups in total. The number of aryl methyl sites for hydroxylation is 1. The first kappa shape index (κ1) is 19.3. The van der Waals surface area contributed by atoms with Gasteiger partial charge in [0.1, 0.15) is 11.9 Å². The smallest absolute Gasteiger partial charge is 0.256 e. The van der Waals surface area contributed by atoms with E-state index >= 15 is 0 Å². The van der Waals surface area contributed by atoms with E-state index in [1.807, 2.05) is 31.2 Å². The molecule has 0 bridgehead atoms. The van der Waals surface area contributed by atoms with Crippen LogP contribution in [0.2, 0.25) is 5.02 Å². The van der Waals surface area contributed by atoms with E-state index in [2.05, 4.69) is 0 Å². The van der Waals surface area contributed by atoms with Gasteiger partial charge >= 0.3 is 0 Å². The number of rotatable bonds is 3. The Morgan fingerprint density at radius 3 is 2.22 bits per heavy atom. The molecular weight excluding hydrogens is 369 g/mol. The predicted octanol–water partition coefficient (Wildman–Crippen LogP) is 2.77. The lowest BCUT2D eigenvalue weighted by Crippen LogP contribution is -2.52. The SMILES string of the molecule is Cc1ccc(C(N)C(=O)N2CCN(C(=O)c3ccc(Cl)cc3F)CC2)cc1. The third-order valence-corrected chi connectivity index (χ3v) is 4.98. The summed E-state index contributed by atoms with van der Waals surface area (Å²) >= 11 is 5.73. The number of carbonyl (C=O) groups is 2. The summed E-state index contributed by atoms with van der Waals surface area (Å²) in [5.41, 5.74) is 7.94. The minimum atomic E-state index is -0.735. The highest BCUT2D eigenvalue weighted by Crippen LogP contribution is 2.19. The average molecular weight is 390 g/mol. The van der Waals surface area contributed by atoms with E-state index in [1.54, 1.807) is 4.90 Å². The number of nitrogens with zero attached hydrogens (tertiary/aromatic N) is 2. The average Bonchev–Trinajstić information content (AvgIpc) is 2.67. The zero-order valence-corrected chi connectivity index (χ0v) is 15.7. The fraction of sp³-hybridized carbons (Fsp3) is 0.300. The third kappa shape index (κ3) is 4.28. The minimum Gasteiger partial charge on any atom is -0.337 e. The van der Waals surface area contributed by atoms with Crippen LogP contribution in [0.15, 0.2) is 42.5 Å². The molecule has 1 aliphatic rings. The topological polar surface area (TPSA) is 66.6 Å². The van der Waals surface area contributed by atoms with Gasteiger partial charge in [-0.05, 0) is 30.7 Å². The quantitative estimate of drug-likeness (QED) is 0.877. The summed E-state index contributed by atoms with van der Waals surface area (Å²) in [4.78, 5) is 28.3. The summed E-state index contributed by atoms with van der Waals surface area (Å²) in [5, 5.41) is 0.240. The normalized spacial score (nSPS) is 15.6. The molecule has 2 amide bonds. The van der Waals surface area contributed by atoms with Gasteiger partial charge in [-0.1, -0.05) is 41.4 Å². The Hall–Kier alpha value is -2.44. The Bertz CT molecular complexity index is 849. The zero-order valence-electron chi connectivity index (χ0n) is 15.0. The highest BCUT2D eigenvalue weighted by molar-refractivity contribution is 6.30. The molecule has 1 atom stereocenters. The van der Waals surface area contributed by atoms with Crippen molar-refractivity contribution in [3.63, 3.8) is 0 Å². The fourth-order valence-corrected chi connectivity index (χ4v) is 3.24. The molecule has 1 unspecified atom stereocenters. The molecule has 0 aliphatic carbocycles. The van der Waals surface area contributed by atoms with E-state index in [0.717, 1.165) is 17.2 Å². The lowest BCUT2D eigenvalue weighted by atomic mass is 10.0. The molecule has 0 aromatic heterocycles. The zero-order chi connectivity index (χ0) is 19.6. The Labute approximate surface area is 162 Å². The van der Waals surface area contributed by atoms with Crippen LogP contribution in [0.5, 0.6) is 0 Å². The molecule has 1 saturated heterocycles. The van der Waals surface area contributed by atoms with Gasteiger partial charge in [0.05, 0.1) is 5.56 Å². The second-order valence-electron chi connectivity index (χ2n) is 6.63. The Morgan fingerprint density at radius 2 is 1.63 bits per heavy atom. The number of halogens is 2. The van der Waals surface area contributed by atoms with Crippen molar-refractivity contribution in [3.05, 3.63) is 70.0 Å². The van der Waals surface area contributed by atoms with Crippen LogP contribution in [0.3, 0.4) is 0 Å². The van der Waals surface area contributed by atoms with Gasteiger partial charge in [0.2, 0.25) is 5.91 Å². The van der Waals surface area contributed by atoms with E-state index in [9.17, 15) is 14.0 Å². The maximum Gasteiger partial charge on any atom is 0.256 e. The monoisotopic (exact) mass is 389 g/mol. The fourth-order valence-electron chi connectivity index (χ4n) is 3.08. The van der Waals surface area contributed by atoms with Crippen molar-refractivity contribution in [3.8, 4) is 0 Å². The summed E-state index contributed by atoms with van der Waals surface area (Å²) < 4.78 is 14.0. The molecule has 0 spiro atoms. The van der Waals surface area contributed by atoms with Gasteiger partial charge in [-0.2, -0.15) is 0 Å². The van der Waals surface area contributed by atoms with Crippen molar-refractivity contribution in [1.82, 2.24) is 9.80 Å². The summed E-state index contributed by atoms with van der Waals surface area (Å²) in [7, 11) is 0. The van der Waals surface area contributed by atoms with Crippen molar-refractivity contribution in [1.29, 1.82) is 0 Å². The van der Waals surface area contributed by atoms with Crippen LogP contribution in [0.25, 0.3) is 0 Å². The first-order valence-electron chi connectivity index (χ1n) is 8.72. The molecule has 27 heavy (non-hydrogen) atoms. The van der Waals surface area contributed by atoms with Crippen LogP contribution in [0, 0.1) is 12.7 Å². The summed E-state index contributed by atoms with van der Waals surface area (Å²) in [5.74, 6) is -1.23. The molecule has 7 heteroatoms. The van der Waals surface area contributed by atoms with Gasteiger partial charge < -0.3 is 15.5 Å². The molecule has 142 valence electrons. The van der Waals surface area contributed by atoms with E-state index < -0.39 is 17.8 Å². The summed E-state index contributed by atoms with van der Waals surface area (Å²) in [6.45, 7) is 3.34. The highest BCUT2D eigenvalue weighted by atomic mass is 35.5. The van der Waals surface area contributed by atoms with Gasteiger partial charge in [0.25, 0.3) is 5.91 Å². The maximum absolute atomic E-state index is 14.0. The number of piperazine rings is 1. The molecule has 1 fully saturated rings. The van der Waals surface area contributed by atoms with Gasteiger partial charge in [0.15, 0.2) is 0 Å². The second-order valence-corrected chi connectivity index (χ2v) is 7.07. The third-order valence-electron chi connectivity index (χ3n) is 4.74. The molecule has 2 aromatic carbocycles. The highest BCUT2D eigenvalue weighted by Gasteiger charge is 2.29. The minimum absolute atomic E-state index is 0.0180. The van der Waals surface area contributed by atoms with Crippen LogP contribution >= 0.6 is 11.6 Å². The maximum atomic E-state index is 14.0. The Morgan fingerprint density at radius 1 is 1.04 bits per heavy atom. The van der Waals surface area contributed by atoms with Gasteiger partial charge in [-0.15, -0.1) is 0 Å². The van der Waals surface area contributed by atoms with Gasteiger partial charge in [-0.25, -0.2) is 4.39 Å². The Balaban J connectivity index is 1.61. The first-order valence-corrected chi connectivity index (χ1v) is 9.10. The molecule has 0 saturated carbocycles. The number of hydrogen-bond donors (Lipinski definition) is 1. The number of amides is 2. The molecule has 1 heterocycles. The lowest BCUT2D eigenvalue weighted by Gasteiger charge is -2.36. The van der Waals surface area contributed by atoms with E-state index in [4.69, 9.17) is 17.3 Å². The van der Waals surface area contributed by atoms with E-state index in [1.165, 1.54) is 17.0 Å². The largest absolute Gasteiger partial charge is 0.337 e. The van der Waals surface area contributed by atoms with Crippen molar-refractivity contribution < 1.29 is 14.0 Å². The molecule has 0 radical (unpaired) electrons. The molecule has 3 rings (SSSR count). The van der Waals surface area contributed by atoms with Crippen LogP contribution < -0.4 is 5.73 Å².